The minimum absolute atomic E-state index is 0.0758. The number of benzene rings is 1. The third kappa shape index (κ3) is 7.19. The van der Waals surface area contributed by atoms with Crippen molar-refractivity contribution in [3.63, 3.8) is 0 Å². The quantitative estimate of drug-likeness (QED) is 0.0840. The summed E-state index contributed by atoms with van der Waals surface area (Å²) in [6.07, 6.45) is 22.3. The maximum Gasteiger partial charge on any atom is 0.266 e. The van der Waals surface area contributed by atoms with E-state index in [0.717, 1.165) is 41.2 Å². The molecule has 268 valence electrons. The van der Waals surface area contributed by atoms with Crippen LogP contribution in [0.3, 0.4) is 0 Å². The highest BCUT2D eigenvalue weighted by Crippen LogP contribution is 2.50. The summed E-state index contributed by atoms with van der Waals surface area (Å²) in [6.45, 7) is 11.5. The van der Waals surface area contributed by atoms with Crippen molar-refractivity contribution in [2.45, 2.75) is 146 Å². The molecule has 1 atom stereocenters. The van der Waals surface area contributed by atoms with Crippen LogP contribution in [0, 0.1) is 6.92 Å². The van der Waals surface area contributed by atoms with Crippen molar-refractivity contribution >= 4 is 27.6 Å². The van der Waals surface area contributed by atoms with Crippen LogP contribution >= 0.6 is 0 Å². The molecule has 4 aromatic rings. The Kier molecular flexibility index (Phi) is 10.1. The number of aromatic nitrogens is 4. The number of ketones is 1. The second-order valence-corrected chi connectivity index (χ2v) is 23.5. The number of rotatable bonds is 12. The van der Waals surface area contributed by atoms with Crippen molar-refractivity contribution in [2.24, 2.45) is 0 Å². The van der Waals surface area contributed by atoms with Crippen LogP contribution in [0.4, 0.5) is 0 Å². The fourth-order valence-electron chi connectivity index (χ4n) is 10.8. The number of carbonyl (C=O) groups is 1. The number of carbonyl (C=O) groups excluding carboxylic acids is 1. The molecule has 3 aromatic heterocycles. The third-order valence-corrected chi connectivity index (χ3v) is 14.9. The van der Waals surface area contributed by atoms with Crippen molar-refractivity contribution in [3.05, 3.63) is 101 Å². The fourth-order valence-corrected chi connectivity index (χ4v) is 11.5. The summed E-state index contributed by atoms with van der Waals surface area (Å²) in [5.74, 6) is 2.76. The Bertz CT molecular complexity index is 1760. The number of hydrogen-bond donors (Lipinski definition) is 0. The Morgan fingerprint density at radius 1 is 0.824 bits per heavy atom. The monoisotopic (exact) mass is 700 g/mol. The fraction of sp³-hybridized carbons (Fsp3) is 0.571. The molecule has 0 spiro atoms. The second kappa shape index (κ2) is 14.8. The van der Waals surface area contributed by atoms with E-state index in [-0.39, 0.29) is 11.7 Å². The molecule has 1 unspecified atom stereocenters. The van der Waals surface area contributed by atoms with Crippen LogP contribution in [0.5, 0.6) is 0 Å². The van der Waals surface area contributed by atoms with Crippen LogP contribution in [0.2, 0.25) is 49.0 Å². The summed E-state index contributed by atoms with van der Waals surface area (Å²) in [5, 5.41) is 0. The molecule has 1 aromatic carbocycles. The predicted molar refractivity (Wildman–Crippen MR) is 213 cm³/mol. The molecule has 7 heterocycles. The maximum atomic E-state index is 14.6. The molecule has 4 aliphatic heterocycles. The van der Waals surface area contributed by atoms with Gasteiger partial charge < -0.3 is 18.3 Å². The summed E-state index contributed by atoms with van der Waals surface area (Å²) in [4.78, 5) is 19.8. The summed E-state index contributed by atoms with van der Waals surface area (Å²) >= 11 is 0. The second-order valence-electron chi connectivity index (χ2n) is 17.9. The molecule has 0 saturated carbocycles. The Morgan fingerprint density at radius 2 is 1.43 bits per heavy atom. The molecule has 0 amide bonds. The summed E-state index contributed by atoms with van der Waals surface area (Å²) in [7, 11) is -1.17. The lowest BCUT2D eigenvalue weighted by molar-refractivity contribution is 0.0871. The predicted octanol–water partition coefficient (Wildman–Crippen LogP) is 10.4. The lowest BCUT2D eigenvalue weighted by Crippen LogP contribution is -2.44. The number of ether oxygens (including phenoxy) is 1. The Labute approximate surface area is 308 Å². The van der Waals surface area contributed by atoms with Crippen molar-refractivity contribution in [1.82, 2.24) is 18.5 Å². The van der Waals surface area contributed by atoms with E-state index in [2.05, 4.69) is 88.9 Å². The van der Waals surface area contributed by atoms with Gasteiger partial charge in [-0.2, -0.15) is 0 Å². The van der Waals surface area contributed by atoms with E-state index >= 15 is 0 Å². The van der Waals surface area contributed by atoms with Crippen molar-refractivity contribution < 1.29 is 9.53 Å². The van der Waals surface area contributed by atoms with Crippen LogP contribution in [0.1, 0.15) is 122 Å². The van der Waals surface area contributed by atoms with Gasteiger partial charge in [-0.05, 0) is 66.7 Å². The van der Waals surface area contributed by atoms with Crippen LogP contribution in [0.25, 0.3) is 0 Å². The van der Waals surface area contributed by atoms with Crippen LogP contribution in [-0.2, 0) is 11.5 Å². The first-order valence-electron chi connectivity index (χ1n) is 20.3. The average molecular weight is 701 g/mol. The first kappa shape index (κ1) is 35.0. The molecule has 4 aliphatic rings. The van der Waals surface area contributed by atoms with E-state index in [0.29, 0.717) is 32.1 Å². The van der Waals surface area contributed by atoms with E-state index in [1.807, 2.05) is 18.5 Å². The molecule has 9 heteroatoms. The topological polar surface area (TPSA) is 54.0 Å². The van der Waals surface area contributed by atoms with Crippen LogP contribution in [0.15, 0.2) is 67.3 Å². The molecule has 8 rings (SSSR count). The highest BCUT2D eigenvalue weighted by Gasteiger charge is 2.46. The molecular weight excluding hydrogens is 642 g/mol. The van der Waals surface area contributed by atoms with Gasteiger partial charge >= 0.3 is 0 Å². The SMILES string of the molecule is Cc1ccc(C(=O)c2ccc(C(c3cn(COCC[Si](C)(C)C)cn3)c3cccn3B3C4CCCC3CCC4)n2B2C3CCCC2CCC3)cc1. The number of imidazole rings is 1. The lowest BCUT2D eigenvalue weighted by Gasteiger charge is -2.43. The minimum atomic E-state index is -1.17. The van der Waals surface area contributed by atoms with Crippen LogP contribution in [-0.4, -0.2) is 52.7 Å². The number of hydrogen-bond acceptors (Lipinski definition) is 3. The van der Waals surface area contributed by atoms with Gasteiger partial charge in [-0.1, -0.05) is 127 Å². The first-order valence-corrected chi connectivity index (χ1v) is 24.0. The summed E-state index contributed by atoms with van der Waals surface area (Å²) < 4.78 is 13.6. The van der Waals surface area contributed by atoms with Crippen molar-refractivity contribution in [3.8, 4) is 0 Å². The molecule has 6 nitrogen and oxygen atoms in total. The normalized spacial score (nSPS) is 24.2. The highest BCUT2D eigenvalue weighted by molar-refractivity contribution is 6.76. The van der Waals surface area contributed by atoms with E-state index in [9.17, 15) is 4.79 Å². The smallest absolute Gasteiger partial charge is 0.266 e. The zero-order chi connectivity index (χ0) is 35.1. The third-order valence-electron chi connectivity index (χ3n) is 13.2. The van der Waals surface area contributed by atoms with Crippen molar-refractivity contribution in [2.75, 3.05) is 6.61 Å². The van der Waals surface area contributed by atoms with Gasteiger partial charge in [0.25, 0.3) is 13.7 Å². The van der Waals surface area contributed by atoms with Gasteiger partial charge in [0.2, 0.25) is 5.78 Å². The largest absolute Gasteiger partial charge is 0.394 e. The van der Waals surface area contributed by atoms with E-state index < -0.39 is 8.07 Å². The molecular formula is C42H58B2N4O2Si. The summed E-state index contributed by atoms with van der Waals surface area (Å²) in [6, 6.07) is 18.5. The molecule has 4 fully saturated rings. The molecule has 0 N–H and O–H groups in total. The number of fused-ring (bicyclic) bond motifs is 4. The average Bonchev–Trinajstić information content (AvgIpc) is 3.87. The number of nitrogens with zero attached hydrogens (tertiary/aromatic N) is 4. The molecule has 0 aliphatic carbocycles. The molecule has 4 bridgehead atoms. The van der Waals surface area contributed by atoms with Crippen molar-refractivity contribution in [1.29, 1.82) is 0 Å². The van der Waals surface area contributed by atoms with Gasteiger partial charge in [0, 0.05) is 37.8 Å². The zero-order valence-corrected chi connectivity index (χ0v) is 32.6. The maximum absolute atomic E-state index is 14.6. The minimum Gasteiger partial charge on any atom is -0.394 e. The summed E-state index contributed by atoms with van der Waals surface area (Å²) in [5.41, 5.74) is 6.43. The standard InChI is InChI=1S/C42H58B2N4O2Si/c1-31-19-21-32(22-20-31)42(49)40-24-23-39(48(40)44-35-14-7-15-36(44)17-8-16-35)41(37-28-46(29-45-37)30-50-26-27-51(2,3)4)38-18-9-25-47(38)43-33-10-5-11-34(43)13-6-12-33/h9,18-25,28-29,33-36,41H,5-8,10-17,26-27,30H2,1-4H3. The molecule has 4 saturated heterocycles. The van der Waals surface area contributed by atoms with E-state index in [1.54, 1.807) is 0 Å². The van der Waals surface area contributed by atoms with Gasteiger partial charge in [-0.25, -0.2) is 4.98 Å². The van der Waals surface area contributed by atoms with Gasteiger partial charge in [0.15, 0.2) is 0 Å². The van der Waals surface area contributed by atoms with E-state index in [4.69, 9.17) is 9.72 Å². The lowest BCUT2D eigenvalue weighted by atomic mass is 9.34. The van der Waals surface area contributed by atoms with Crippen LogP contribution < -0.4 is 0 Å². The Balaban J connectivity index is 1.25. The highest BCUT2D eigenvalue weighted by atomic mass is 28.3. The Morgan fingerprint density at radius 3 is 2.04 bits per heavy atom. The van der Waals surface area contributed by atoms with Gasteiger partial charge in [0.1, 0.15) is 6.73 Å². The molecule has 51 heavy (non-hydrogen) atoms. The van der Waals surface area contributed by atoms with E-state index in [1.165, 1.54) is 94.0 Å². The number of aryl methyl sites for hydroxylation is 1. The van der Waals surface area contributed by atoms with Gasteiger partial charge in [-0.15, -0.1) is 0 Å². The first-order chi connectivity index (χ1) is 24.7. The molecule has 0 radical (unpaired) electrons. The van der Waals surface area contributed by atoms with Gasteiger partial charge in [-0.3, -0.25) is 4.79 Å². The Hall–Kier alpha value is -3.03. The zero-order valence-electron chi connectivity index (χ0n) is 31.6. The van der Waals surface area contributed by atoms with Gasteiger partial charge in [0.05, 0.1) is 23.6 Å².